The van der Waals surface area contributed by atoms with E-state index in [0.29, 0.717) is 26.2 Å². The van der Waals surface area contributed by atoms with Crippen LogP contribution in [0.4, 0.5) is 17.6 Å². The summed E-state index contributed by atoms with van der Waals surface area (Å²) >= 11 is 0. The Bertz CT molecular complexity index is 224. The van der Waals surface area contributed by atoms with E-state index in [2.05, 4.69) is 5.32 Å². The minimum absolute atomic E-state index is 0.127. The van der Waals surface area contributed by atoms with Crippen LogP contribution in [0.2, 0.25) is 0 Å². The van der Waals surface area contributed by atoms with Crippen molar-refractivity contribution in [3.8, 4) is 0 Å². The van der Waals surface area contributed by atoms with Gasteiger partial charge in [-0.05, 0) is 0 Å². The molecule has 1 fully saturated rings. The van der Waals surface area contributed by atoms with Crippen LogP contribution in [-0.2, 0) is 0 Å². The molecule has 0 saturated carbocycles. The van der Waals surface area contributed by atoms with Crippen molar-refractivity contribution < 1.29 is 17.6 Å². The first-order valence-corrected chi connectivity index (χ1v) is 6.03. The van der Waals surface area contributed by atoms with Gasteiger partial charge in [0, 0.05) is 45.4 Å². The molecular weight excluding hydrogens is 236 g/mol. The fourth-order valence-corrected chi connectivity index (χ4v) is 1.74. The summed E-state index contributed by atoms with van der Waals surface area (Å²) in [7, 11) is 0. The second-order valence-corrected chi connectivity index (χ2v) is 4.58. The second kappa shape index (κ2) is 6.00. The molecule has 0 aromatic carbocycles. The first kappa shape index (κ1) is 14.7. The molecule has 0 aromatic heterocycles. The zero-order valence-electron chi connectivity index (χ0n) is 10.1. The highest BCUT2D eigenvalue weighted by molar-refractivity contribution is 4.78. The van der Waals surface area contributed by atoms with Crippen LogP contribution in [0.5, 0.6) is 0 Å². The average Bonchev–Trinajstić information content (AvgIpc) is 2.26. The van der Waals surface area contributed by atoms with Gasteiger partial charge in [0.2, 0.25) is 0 Å². The second-order valence-electron chi connectivity index (χ2n) is 4.58. The molecular formula is C11H20F4N2. The molecule has 6 heteroatoms. The molecule has 0 radical (unpaired) electrons. The number of alkyl halides is 4. The van der Waals surface area contributed by atoms with E-state index in [1.165, 1.54) is 6.92 Å². The fourth-order valence-electron chi connectivity index (χ4n) is 1.74. The molecule has 102 valence electrons. The molecule has 1 aliphatic rings. The van der Waals surface area contributed by atoms with Crippen LogP contribution in [0.15, 0.2) is 0 Å². The Morgan fingerprint density at radius 3 is 2.35 bits per heavy atom. The van der Waals surface area contributed by atoms with Gasteiger partial charge in [0.15, 0.2) is 0 Å². The lowest BCUT2D eigenvalue weighted by atomic mass is 10.1. The van der Waals surface area contributed by atoms with E-state index in [0.717, 1.165) is 0 Å². The Morgan fingerprint density at radius 1 is 1.24 bits per heavy atom. The summed E-state index contributed by atoms with van der Waals surface area (Å²) in [6.45, 7) is 2.76. The first-order valence-electron chi connectivity index (χ1n) is 6.03. The number of nitrogens with one attached hydrogen (secondary N) is 1. The molecule has 17 heavy (non-hydrogen) atoms. The molecule has 0 unspecified atom stereocenters. The molecule has 1 saturated heterocycles. The zero-order chi connectivity index (χ0) is 12.9. The Kier molecular flexibility index (Phi) is 5.19. The topological polar surface area (TPSA) is 15.3 Å². The number of hydrogen-bond acceptors (Lipinski definition) is 2. The van der Waals surface area contributed by atoms with Crippen molar-refractivity contribution in [2.24, 2.45) is 0 Å². The predicted octanol–water partition coefficient (Wildman–Crippen LogP) is 2.35. The summed E-state index contributed by atoms with van der Waals surface area (Å²) in [5.74, 6) is -5.21. The van der Waals surface area contributed by atoms with Crippen LogP contribution in [0.3, 0.4) is 0 Å². The standard InChI is InChI=1S/C11H20F4N2/c1-2-10(12,13)9-16-5-8-17-6-3-11(14,15)4-7-17/h16H,2-9H2,1H3. The van der Waals surface area contributed by atoms with Crippen LogP contribution in [0.1, 0.15) is 26.2 Å². The highest BCUT2D eigenvalue weighted by Gasteiger charge is 2.33. The van der Waals surface area contributed by atoms with Crippen LogP contribution >= 0.6 is 0 Å². The summed E-state index contributed by atoms with van der Waals surface area (Å²) in [5.41, 5.74) is 0. The molecule has 0 aromatic rings. The number of halogens is 4. The van der Waals surface area contributed by atoms with E-state index < -0.39 is 11.8 Å². The van der Waals surface area contributed by atoms with Crippen molar-refractivity contribution in [2.75, 3.05) is 32.7 Å². The molecule has 1 aliphatic heterocycles. The van der Waals surface area contributed by atoms with Crippen molar-refractivity contribution in [1.29, 1.82) is 0 Å². The van der Waals surface area contributed by atoms with Crippen molar-refractivity contribution in [1.82, 2.24) is 10.2 Å². The number of likely N-dealkylation sites (tertiary alicyclic amines) is 1. The average molecular weight is 256 g/mol. The number of rotatable bonds is 6. The van der Waals surface area contributed by atoms with Gasteiger partial charge in [-0.3, -0.25) is 0 Å². The summed E-state index contributed by atoms with van der Waals surface area (Å²) < 4.78 is 51.3. The smallest absolute Gasteiger partial charge is 0.260 e. The van der Waals surface area contributed by atoms with Gasteiger partial charge in [0.1, 0.15) is 0 Å². The highest BCUT2D eigenvalue weighted by atomic mass is 19.3. The summed E-state index contributed by atoms with van der Waals surface area (Å²) in [6.07, 6.45) is -0.438. The molecule has 0 amide bonds. The molecule has 0 spiro atoms. The quantitative estimate of drug-likeness (QED) is 0.579. The van der Waals surface area contributed by atoms with Crippen LogP contribution in [0.25, 0.3) is 0 Å². The van der Waals surface area contributed by atoms with Gasteiger partial charge in [-0.25, -0.2) is 17.6 Å². The Labute approximate surface area is 99.4 Å². The van der Waals surface area contributed by atoms with Gasteiger partial charge >= 0.3 is 0 Å². The Morgan fingerprint density at radius 2 is 1.82 bits per heavy atom. The van der Waals surface area contributed by atoms with Gasteiger partial charge in [-0.15, -0.1) is 0 Å². The summed E-state index contributed by atoms with van der Waals surface area (Å²) in [5, 5.41) is 2.67. The first-order chi connectivity index (χ1) is 7.85. The molecule has 1 heterocycles. The number of piperidine rings is 1. The van der Waals surface area contributed by atoms with Crippen molar-refractivity contribution in [2.45, 2.75) is 38.0 Å². The maximum atomic E-state index is 12.8. The van der Waals surface area contributed by atoms with E-state index in [-0.39, 0.29) is 25.8 Å². The minimum Gasteiger partial charge on any atom is -0.310 e. The fraction of sp³-hybridized carbons (Fsp3) is 1.00. The van der Waals surface area contributed by atoms with E-state index in [4.69, 9.17) is 0 Å². The third kappa shape index (κ3) is 5.68. The van der Waals surface area contributed by atoms with Crippen molar-refractivity contribution in [3.63, 3.8) is 0 Å². The van der Waals surface area contributed by atoms with Gasteiger partial charge < -0.3 is 10.2 Å². The monoisotopic (exact) mass is 256 g/mol. The largest absolute Gasteiger partial charge is 0.310 e. The predicted molar refractivity (Wildman–Crippen MR) is 58.7 cm³/mol. The van der Waals surface area contributed by atoms with Gasteiger partial charge in [-0.1, -0.05) is 6.92 Å². The third-order valence-corrected chi connectivity index (χ3v) is 3.09. The van der Waals surface area contributed by atoms with E-state index in [9.17, 15) is 17.6 Å². The number of hydrogen-bond donors (Lipinski definition) is 1. The minimum atomic E-state index is -2.67. The molecule has 2 nitrogen and oxygen atoms in total. The third-order valence-electron chi connectivity index (χ3n) is 3.09. The van der Waals surface area contributed by atoms with Gasteiger partial charge in [0.05, 0.1) is 6.54 Å². The molecule has 1 rings (SSSR count). The summed E-state index contributed by atoms with van der Waals surface area (Å²) in [4.78, 5) is 1.88. The maximum Gasteiger partial charge on any atom is 0.260 e. The lowest BCUT2D eigenvalue weighted by molar-refractivity contribution is -0.0551. The molecule has 0 aliphatic carbocycles. The molecule has 0 atom stereocenters. The Balaban J connectivity index is 2.08. The van der Waals surface area contributed by atoms with Crippen molar-refractivity contribution >= 4 is 0 Å². The normalized spacial score (nSPS) is 21.7. The lowest BCUT2D eigenvalue weighted by Gasteiger charge is -2.31. The number of nitrogens with zero attached hydrogens (tertiary/aromatic N) is 1. The SMILES string of the molecule is CCC(F)(F)CNCCN1CCC(F)(F)CC1. The van der Waals surface area contributed by atoms with Gasteiger partial charge in [0.25, 0.3) is 11.8 Å². The van der Waals surface area contributed by atoms with Crippen LogP contribution < -0.4 is 5.32 Å². The summed E-state index contributed by atoms with van der Waals surface area (Å²) in [6, 6.07) is 0. The zero-order valence-corrected chi connectivity index (χ0v) is 10.1. The van der Waals surface area contributed by atoms with E-state index in [1.54, 1.807) is 0 Å². The maximum absolute atomic E-state index is 12.8. The molecule has 0 bridgehead atoms. The van der Waals surface area contributed by atoms with Crippen molar-refractivity contribution in [3.05, 3.63) is 0 Å². The lowest BCUT2D eigenvalue weighted by Crippen LogP contribution is -2.43. The Hall–Kier alpha value is -0.360. The van der Waals surface area contributed by atoms with Crippen LogP contribution in [0, 0.1) is 0 Å². The van der Waals surface area contributed by atoms with E-state index >= 15 is 0 Å². The van der Waals surface area contributed by atoms with Gasteiger partial charge in [-0.2, -0.15) is 0 Å². The van der Waals surface area contributed by atoms with E-state index in [1.807, 2.05) is 4.90 Å². The highest BCUT2D eigenvalue weighted by Crippen LogP contribution is 2.27. The molecule has 1 N–H and O–H groups in total. The van der Waals surface area contributed by atoms with Crippen LogP contribution in [-0.4, -0.2) is 49.5 Å².